The Bertz CT molecular complexity index is 592. The molecule has 2 aliphatic rings. The summed E-state index contributed by atoms with van der Waals surface area (Å²) >= 11 is 0. The molecule has 1 saturated heterocycles. The number of allylic oxidation sites excluding steroid dienone is 2. The maximum atomic E-state index is 14.8. The Morgan fingerprint density at radius 2 is 2.11 bits per heavy atom. The molecule has 0 amide bonds. The predicted molar refractivity (Wildman–Crippen MR) is 96.6 cm³/mol. The van der Waals surface area contributed by atoms with E-state index in [9.17, 15) is 28.2 Å². The summed E-state index contributed by atoms with van der Waals surface area (Å²) in [4.78, 5) is 10.5. The molecule has 1 saturated carbocycles. The van der Waals surface area contributed by atoms with Crippen molar-refractivity contribution in [1.82, 2.24) is 0 Å². The average molecular weight is 406 g/mol. The third kappa shape index (κ3) is 5.50. The molecular formula is C20H29F3O5. The third-order valence-corrected chi connectivity index (χ3v) is 5.44. The Kier molecular flexibility index (Phi) is 7.95. The molecule has 1 aliphatic carbocycles. The van der Waals surface area contributed by atoms with Gasteiger partial charge in [0.1, 0.15) is 18.0 Å². The summed E-state index contributed by atoms with van der Waals surface area (Å²) in [5, 5.41) is 28.6. The highest BCUT2D eigenvalue weighted by Crippen LogP contribution is 2.47. The average Bonchev–Trinajstić information content (AvgIpc) is 3.09. The van der Waals surface area contributed by atoms with E-state index < -0.39 is 54.6 Å². The zero-order valence-corrected chi connectivity index (χ0v) is 15.9. The molecule has 0 aromatic heterocycles. The number of rotatable bonds is 10. The monoisotopic (exact) mass is 406 g/mol. The highest BCUT2D eigenvalue weighted by molar-refractivity contribution is 5.66. The first kappa shape index (κ1) is 22.7. The smallest absolute Gasteiger partial charge is 0.303 e. The maximum Gasteiger partial charge on any atom is 0.303 e. The van der Waals surface area contributed by atoms with E-state index in [0.717, 1.165) is 6.08 Å². The van der Waals surface area contributed by atoms with E-state index in [-0.39, 0.29) is 25.0 Å². The topological polar surface area (TPSA) is 87.0 Å². The summed E-state index contributed by atoms with van der Waals surface area (Å²) in [6, 6.07) is 0. The Morgan fingerprint density at radius 1 is 1.39 bits per heavy atom. The van der Waals surface area contributed by atoms with Crippen molar-refractivity contribution in [3.8, 4) is 0 Å². The molecule has 2 fully saturated rings. The normalized spacial score (nSPS) is 32.6. The van der Waals surface area contributed by atoms with E-state index in [1.807, 2.05) is 0 Å². The zero-order valence-electron chi connectivity index (χ0n) is 15.9. The van der Waals surface area contributed by atoms with Crippen molar-refractivity contribution >= 4 is 5.97 Å². The lowest BCUT2D eigenvalue weighted by molar-refractivity contribution is -0.137. The van der Waals surface area contributed by atoms with Crippen LogP contribution in [0, 0.1) is 11.8 Å². The largest absolute Gasteiger partial charge is 0.491 e. The van der Waals surface area contributed by atoms with Crippen molar-refractivity contribution in [3.05, 3.63) is 24.0 Å². The Balaban J connectivity index is 2.00. The Hall–Kier alpha value is -1.54. The van der Waals surface area contributed by atoms with Crippen molar-refractivity contribution < 1.29 is 38.0 Å². The van der Waals surface area contributed by atoms with Gasteiger partial charge >= 0.3 is 5.97 Å². The van der Waals surface area contributed by atoms with Crippen LogP contribution in [0.25, 0.3) is 0 Å². The molecule has 1 aliphatic heterocycles. The number of ether oxygens (including phenoxy) is 1. The van der Waals surface area contributed by atoms with Crippen LogP contribution in [-0.2, 0) is 9.53 Å². The minimum atomic E-state index is -3.27. The fraction of sp³-hybridized carbons (Fsp3) is 0.750. The van der Waals surface area contributed by atoms with Gasteiger partial charge in [0.05, 0.1) is 6.10 Å². The number of alkyl halides is 3. The lowest BCUT2D eigenvalue weighted by atomic mass is 9.89. The molecule has 6 atom stereocenters. The minimum Gasteiger partial charge on any atom is -0.491 e. The van der Waals surface area contributed by atoms with Crippen molar-refractivity contribution in [2.24, 2.45) is 11.8 Å². The van der Waals surface area contributed by atoms with Crippen LogP contribution >= 0.6 is 0 Å². The van der Waals surface area contributed by atoms with Crippen LogP contribution in [0.15, 0.2) is 24.0 Å². The van der Waals surface area contributed by atoms with Gasteiger partial charge in [-0.05, 0) is 25.3 Å². The summed E-state index contributed by atoms with van der Waals surface area (Å²) in [7, 11) is 0. The van der Waals surface area contributed by atoms with E-state index in [2.05, 4.69) is 0 Å². The fourth-order valence-corrected chi connectivity index (χ4v) is 3.85. The van der Waals surface area contributed by atoms with Gasteiger partial charge < -0.3 is 20.1 Å². The Morgan fingerprint density at radius 3 is 2.75 bits per heavy atom. The van der Waals surface area contributed by atoms with Crippen LogP contribution in [0.5, 0.6) is 0 Å². The number of aliphatic carboxylic acids is 1. The van der Waals surface area contributed by atoms with Crippen molar-refractivity contribution in [2.45, 2.75) is 82.3 Å². The summed E-state index contributed by atoms with van der Waals surface area (Å²) in [5.74, 6) is -5.54. The number of aliphatic hydroxyl groups excluding tert-OH is 2. The van der Waals surface area contributed by atoms with Gasteiger partial charge in [0.2, 0.25) is 0 Å². The first-order chi connectivity index (χ1) is 13.2. The van der Waals surface area contributed by atoms with E-state index in [4.69, 9.17) is 9.84 Å². The van der Waals surface area contributed by atoms with Crippen molar-refractivity contribution in [1.29, 1.82) is 0 Å². The van der Waals surface area contributed by atoms with Crippen LogP contribution in [0.4, 0.5) is 13.2 Å². The molecule has 28 heavy (non-hydrogen) atoms. The molecule has 1 heterocycles. The number of carbonyl (C=O) groups is 1. The second kappa shape index (κ2) is 9.78. The highest BCUT2D eigenvalue weighted by Gasteiger charge is 2.53. The number of halogens is 3. The molecule has 0 bridgehead atoms. The number of carboxylic acid groups (broad SMARTS) is 1. The quantitative estimate of drug-likeness (QED) is 0.381. The number of fused-ring (bicyclic) bond motifs is 1. The van der Waals surface area contributed by atoms with Gasteiger partial charge in [-0.2, -0.15) is 0 Å². The van der Waals surface area contributed by atoms with E-state index in [1.54, 1.807) is 6.92 Å². The van der Waals surface area contributed by atoms with Gasteiger partial charge in [-0.15, -0.1) is 0 Å². The van der Waals surface area contributed by atoms with Crippen LogP contribution in [0.3, 0.4) is 0 Å². The zero-order chi connectivity index (χ0) is 20.9. The van der Waals surface area contributed by atoms with Crippen molar-refractivity contribution in [2.75, 3.05) is 0 Å². The van der Waals surface area contributed by atoms with Gasteiger partial charge in [0.15, 0.2) is 6.17 Å². The number of unbranched alkanes of at least 4 members (excludes halogenated alkanes) is 2. The van der Waals surface area contributed by atoms with Gasteiger partial charge in [-0.25, -0.2) is 13.2 Å². The van der Waals surface area contributed by atoms with Crippen molar-refractivity contribution in [3.63, 3.8) is 0 Å². The van der Waals surface area contributed by atoms with E-state index in [1.165, 1.54) is 12.2 Å². The summed E-state index contributed by atoms with van der Waals surface area (Å²) in [6.07, 6.45) is 0.0488. The number of carboxylic acids is 1. The first-order valence-corrected chi connectivity index (χ1v) is 9.82. The molecular weight excluding hydrogens is 377 g/mol. The molecule has 0 spiro atoms. The molecule has 8 heteroatoms. The van der Waals surface area contributed by atoms with Gasteiger partial charge in [0.25, 0.3) is 5.92 Å². The SMILES string of the molecule is CCCCC(F)(F)[C@H](O)C=C[C@@H]1[C@H]2C(F)C(=CCCCC(=O)O)O[C@H]2C[C@H]1O. The number of hydrogen-bond donors (Lipinski definition) is 3. The number of hydrogen-bond acceptors (Lipinski definition) is 4. The predicted octanol–water partition coefficient (Wildman–Crippen LogP) is 3.60. The van der Waals surface area contributed by atoms with E-state index >= 15 is 0 Å². The molecule has 5 nitrogen and oxygen atoms in total. The molecule has 0 aromatic rings. The molecule has 0 radical (unpaired) electrons. The second-order valence-electron chi connectivity index (χ2n) is 7.60. The lowest BCUT2D eigenvalue weighted by Gasteiger charge is -2.22. The summed E-state index contributed by atoms with van der Waals surface area (Å²) in [5.41, 5.74) is 0. The second-order valence-corrected chi connectivity index (χ2v) is 7.60. The van der Waals surface area contributed by atoms with Crippen LogP contribution < -0.4 is 0 Å². The van der Waals surface area contributed by atoms with Gasteiger partial charge in [-0.3, -0.25) is 4.79 Å². The lowest BCUT2D eigenvalue weighted by Crippen LogP contribution is -2.32. The molecule has 1 unspecified atom stereocenters. The molecule has 0 aromatic carbocycles. The van der Waals surface area contributed by atoms with Crippen LogP contribution in [-0.4, -0.2) is 51.7 Å². The third-order valence-electron chi connectivity index (χ3n) is 5.44. The summed E-state index contributed by atoms with van der Waals surface area (Å²) < 4.78 is 48.2. The standard InChI is InChI=1S/C20H29F3O5/c1-2-3-10-20(22,23)16(25)9-8-12-13(24)11-15-18(12)19(21)14(28-15)6-4-5-7-17(26)27/h6,8-9,12-13,15-16,18-19,24-25H,2-5,7,10-11H2,1H3,(H,26,27)/t12-,13+,15-,16+,18+,19?/m0/s1. The minimum absolute atomic E-state index is 0.0260. The van der Waals surface area contributed by atoms with E-state index in [0.29, 0.717) is 19.3 Å². The maximum absolute atomic E-state index is 14.8. The molecule has 3 N–H and O–H groups in total. The van der Waals surface area contributed by atoms with Gasteiger partial charge in [-0.1, -0.05) is 25.5 Å². The highest BCUT2D eigenvalue weighted by atomic mass is 19.3. The molecule has 2 rings (SSSR count). The molecule has 160 valence electrons. The van der Waals surface area contributed by atoms with Crippen LogP contribution in [0.2, 0.25) is 0 Å². The Labute approximate surface area is 162 Å². The first-order valence-electron chi connectivity index (χ1n) is 9.82. The number of aliphatic hydroxyl groups is 2. The fourth-order valence-electron chi connectivity index (χ4n) is 3.85. The summed E-state index contributed by atoms with van der Waals surface area (Å²) in [6.45, 7) is 1.78. The van der Waals surface area contributed by atoms with Gasteiger partial charge in [0, 0.05) is 31.1 Å². The van der Waals surface area contributed by atoms with Crippen LogP contribution in [0.1, 0.15) is 51.9 Å².